The molecule has 0 unspecified atom stereocenters. The lowest BCUT2D eigenvalue weighted by molar-refractivity contribution is -0.128. The molecule has 0 atom stereocenters. The van der Waals surface area contributed by atoms with Gasteiger partial charge < -0.3 is 5.32 Å². The Morgan fingerprint density at radius 1 is 1.33 bits per heavy atom. The summed E-state index contributed by atoms with van der Waals surface area (Å²) < 4.78 is 1.30. The lowest BCUT2D eigenvalue weighted by atomic mass is 10.2. The largest absolute Gasteiger partial charge is 0.336 e. The molecule has 2 aromatic rings. The van der Waals surface area contributed by atoms with E-state index in [9.17, 15) is 14.4 Å². The molecule has 0 spiro atoms. The summed E-state index contributed by atoms with van der Waals surface area (Å²) in [5, 5.41) is 3.02. The molecule has 1 saturated heterocycles. The Labute approximate surface area is 120 Å². The number of imide groups is 1. The van der Waals surface area contributed by atoms with E-state index in [4.69, 9.17) is 0 Å². The second-order valence-electron chi connectivity index (χ2n) is 4.84. The number of amides is 3. The molecule has 0 bridgehead atoms. The predicted molar refractivity (Wildman–Crippen MR) is 75.9 cm³/mol. The van der Waals surface area contributed by atoms with E-state index in [-0.39, 0.29) is 12.1 Å². The van der Waals surface area contributed by atoms with Crippen LogP contribution in [0.2, 0.25) is 0 Å². The molecule has 2 heterocycles. The number of nitrogens with zero attached hydrogens (tertiary/aromatic N) is 3. The quantitative estimate of drug-likeness (QED) is 0.858. The topological polar surface area (TPSA) is 84.3 Å². The van der Waals surface area contributed by atoms with Crippen molar-refractivity contribution in [3.8, 4) is 0 Å². The number of para-hydroxylation sites is 1. The Morgan fingerprint density at radius 2 is 2.10 bits per heavy atom. The van der Waals surface area contributed by atoms with E-state index >= 15 is 0 Å². The minimum atomic E-state index is -0.417. The van der Waals surface area contributed by atoms with Gasteiger partial charge >= 0.3 is 6.03 Å². The van der Waals surface area contributed by atoms with Gasteiger partial charge in [0.2, 0.25) is 0 Å². The number of aryl methyl sites for hydroxylation is 1. The highest BCUT2D eigenvalue weighted by molar-refractivity contribution is 5.95. The van der Waals surface area contributed by atoms with Crippen molar-refractivity contribution in [2.24, 2.45) is 0 Å². The fourth-order valence-electron chi connectivity index (χ4n) is 2.40. The molecule has 1 aromatic heterocycles. The first-order valence-corrected chi connectivity index (χ1v) is 6.62. The summed E-state index contributed by atoms with van der Waals surface area (Å²) >= 11 is 0. The van der Waals surface area contributed by atoms with Gasteiger partial charge in [0.1, 0.15) is 12.4 Å². The number of nitrogens with one attached hydrogen (secondary N) is 1. The standard InChI is InChI=1S/C14H14N4O3/c1-9-16-11-5-3-2-4-10(11)13(20)18(9)8-12(19)17-7-6-15-14(17)21/h2-5H,6-8H2,1H3,(H,15,21). The monoisotopic (exact) mass is 286 g/mol. The summed E-state index contributed by atoms with van der Waals surface area (Å²) in [6.45, 7) is 2.25. The van der Waals surface area contributed by atoms with Gasteiger partial charge in [-0.3, -0.25) is 19.1 Å². The third kappa shape index (κ3) is 2.26. The number of benzene rings is 1. The Bertz CT molecular complexity index is 796. The smallest absolute Gasteiger partial charge is 0.324 e. The number of carbonyl (C=O) groups is 2. The molecule has 1 aliphatic rings. The first-order valence-electron chi connectivity index (χ1n) is 6.62. The van der Waals surface area contributed by atoms with Crippen LogP contribution in [0.15, 0.2) is 29.1 Å². The second-order valence-corrected chi connectivity index (χ2v) is 4.84. The molecule has 21 heavy (non-hydrogen) atoms. The van der Waals surface area contributed by atoms with Crippen molar-refractivity contribution in [3.63, 3.8) is 0 Å². The van der Waals surface area contributed by atoms with Crippen molar-refractivity contribution in [2.45, 2.75) is 13.5 Å². The first kappa shape index (κ1) is 13.3. The SMILES string of the molecule is Cc1nc2ccccc2c(=O)n1CC(=O)N1CCNC1=O. The molecule has 7 nitrogen and oxygen atoms in total. The van der Waals surface area contributed by atoms with E-state index in [2.05, 4.69) is 10.3 Å². The normalized spacial score (nSPS) is 14.5. The number of fused-ring (bicyclic) bond motifs is 1. The molecule has 0 radical (unpaired) electrons. The van der Waals surface area contributed by atoms with Gasteiger partial charge in [0, 0.05) is 13.1 Å². The molecule has 1 aliphatic heterocycles. The summed E-state index contributed by atoms with van der Waals surface area (Å²) in [6, 6.07) is 6.57. The van der Waals surface area contributed by atoms with Crippen LogP contribution in [0.5, 0.6) is 0 Å². The molecule has 1 fully saturated rings. The maximum atomic E-state index is 12.4. The molecule has 0 saturated carbocycles. The average molecular weight is 286 g/mol. The first-order chi connectivity index (χ1) is 10.1. The zero-order valence-electron chi connectivity index (χ0n) is 11.5. The minimum absolute atomic E-state index is 0.185. The van der Waals surface area contributed by atoms with Crippen LogP contribution in [0, 0.1) is 6.92 Å². The van der Waals surface area contributed by atoms with Crippen molar-refractivity contribution in [2.75, 3.05) is 13.1 Å². The highest BCUT2D eigenvalue weighted by Crippen LogP contribution is 2.08. The Morgan fingerprint density at radius 3 is 2.81 bits per heavy atom. The maximum Gasteiger partial charge on any atom is 0.324 e. The van der Waals surface area contributed by atoms with E-state index < -0.39 is 11.9 Å². The van der Waals surface area contributed by atoms with Gasteiger partial charge in [0.15, 0.2) is 0 Å². The van der Waals surface area contributed by atoms with Crippen LogP contribution in [-0.2, 0) is 11.3 Å². The lowest BCUT2D eigenvalue weighted by Gasteiger charge is -2.15. The van der Waals surface area contributed by atoms with Gasteiger partial charge in [0.05, 0.1) is 10.9 Å². The number of hydrogen-bond donors (Lipinski definition) is 1. The van der Waals surface area contributed by atoms with Crippen molar-refractivity contribution in [1.29, 1.82) is 0 Å². The lowest BCUT2D eigenvalue weighted by Crippen LogP contribution is -2.39. The number of carbonyl (C=O) groups excluding carboxylic acids is 2. The van der Waals surface area contributed by atoms with Gasteiger partial charge in [-0.1, -0.05) is 12.1 Å². The summed E-state index contributed by atoms with van der Waals surface area (Å²) in [7, 11) is 0. The molecular formula is C14H14N4O3. The van der Waals surface area contributed by atoms with E-state index in [1.54, 1.807) is 31.2 Å². The van der Waals surface area contributed by atoms with E-state index in [0.29, 0.717) is 29.8 Å². The molecule has 3 amide bonds. The number of hydrogen-bond acceptors (Lipinski definition) is 4. The molecule has 7 heteroatoms. The van der Waals surface area contributed by atoms with Crippen molar-refractivity contribution in [3.05, 3.63) is 40.4 Å². The maximum absolute atomic E-state index is 12.4. The number of aromatic nitrogens is 2. The third-order valence-corrected chi connectivity index (χ3v) is 3.50. The summed E-state index contributed by atoms with van der Waals surface area (Å²) in [4.78, 5) is 41.5. The number of urea groups is 1. The zero-order valence-corrected chi connectivity index (χ0v) is 11.5. The Balaban J connectivity index is 1.99. The number of rotatable bonds is 2. The van der Waals surface area contributed by atoms with Crippen LogP contribution >= 0.6 is 0 Å². The van der Waals surface area contributed by atoms with Crippen molar-refractivity contribution < 1.29 is 9.59 Å². The summed E-state index contributed by atoms with van der Waals surface area (Å²) in [6.07, 6.45) is 0. The van der Waals surface area contributed by atoms with Crippen LogP contribution in [0.25, 0.3) is 10.9 Å². The molecule has 3 rings (SSSR count). The highest BCUT2D eigenvalue weighted by atomic mass is 16.2. The van der Waals surface area contributed by atoms with Crippen LogP contribution in [0.4, 0.5) is 4.79 Å². The zero-order chi connectivity index (χ0) is 15.0. The van der Waals surface area contributed by atoms with Gasteiger partial charge in [-0.2, -0.15) is 0 Å². The van der Waals surface area contributed by atoms with Gasteiger partial charge in [-0.15, -0.1) is 0 Å². The second kappa shape index (κ2) is 5.01. The highest BCUT2D eigenvalue weighted by Gasteiger charge is 2.26. The van der Waals surface area contributed by atoms with Crippen molar-refractivity contribution in [1.82, 2.24) is 19.8 Å². The summed E-state index contributed by atoms with van der Waals surface area (Å²) in [5.74, 6) is 0.0407. The van der Waals surface area contributed by atoms with E-state index in [0.717, 1.165) is 4.90 Å². The summed E-state index contributed by atoms with van der Waals surface area (Å²) in [5.41, 5.74) is 0.327. The molecule has 108 valence electrons. The Hall–Kier alpha value is -2.70. The minimum Gasteiger partial charge on any atom is -0.336 e. The fourth-order valence-corrected chi connectivity index (χ4v) is 2.40. The van der Waals surface area contributed by atoms with Crippen LogP contribution in [-0.4, -0.2) is 39.5 Å². The van der Waals surface area contributed by atoms with Crippen LogP contribution < -0.4 is 10.9 Å². The molecule has 0 aliphatic carbocycles. The Kier molecular flexibility index (Phi) is 3.17. The van der Waals surface area contributed by atoms with Gasteiger partial charge in [-0.05, 0) is 19.1 Å². The fraction of sp³-hybridized carbons (Fsp3) is 0.286. The van der Waals surface area contributed by atoms with E-state index in [1.807, 2.05) is 0 Å². The predicted octanol–water partition coefficient (Wildman–Crippen LogP) is 0.257. The van der Waals surface area contributed by atoms with Crippen molar-refractivity contribution >= 4 is 22.8 Å². The molecule has 1 aromatic carbocycles. The van der Waals surface area contributed by atoms with Crippen LogP contribution in [0.1, 0.15) is 5.82 Å². The van der Waals surface area contributed by atoms with E-state index in [1.165, 1.54) is 4.57 Å². The third-order valence-electron chi connectivity index (χ3n) is 3.50. The van der Waals surface area contributed by atoms with Gasteiger partial charge in [-0.25, -0.2) is 9.78 Å². The average Bonchev–Trinajstić information content (AvgIpc) is 2.89. The molecular weight excluding hydrogens is 272 g/mol. The van der Waals surface area contributed by atoms with Gasteiger partial charge in [0.25, 0.3) is 11.5 Å². The van der Waals surface area contributed by atoms with Crippen LogP contribution in [0.3, 0.4) is 0 Å². The molecule has 1 N–H and O–H groups in total.